The first-order chi connectivity index (χ1) is 17.8. The van der Waals surface area contributed by atoms with Crippen molar-refractivity contribution < 1.29 is 18.0 Å². The van der Waals surface area contributed by atoms with Gasteiger partial charge in [-0.3, -0.25) is 9.36 Å². The van der Waals surface area contributed by atoms with E-state index in [4.69, 9.17) is 0 Å². The number of benzene rings is 2. The number of hydrogen-bond acceptors (Lipinski definition) is 5. The number of aromatic amines is 1. The molecule has 0 atom stereocenters. The van der Waals surface area contributed by atoms with Gasteiger partial charge in [-0.2, -0.15) is 18.4 Å². The molecule has 0 saturated carbocycles. The molecule has 8 nitrogen and oxygen atoms in total. The van der Waals surface area contributed by atoms with Crippen LogP contribution in [-0.4, -0.2) is 35.7 Å². The van der Waals surface area contributed by atoms with Crippen LogP contribution >= 0.6 is 0 Å². The molecule has 194 valence electrons. The highest BCUT2D eigenvalue weighted by atomic mass is 19.4. The molecule has 1 N–H and O–H groups in total. The minimum atomic E-state index is -4.83. The summed E-state index contributed by atoms with van der Waals surface area (Å²) < 4.78 is 43.7. The van der Waals surface area contributed by atoms with Crippen molar-refractivity contribution in [3.63, 3.8) is 0 Å². The highest BCUT2D eigenvalue weighted by Crippen LogP contribution is 2.33. The van der Waals surface area contributed by atoms with E-state index in [1.807, 2.05) is 43.3 Å². The SMILES string of the molecule is CCCCC(=O)n1c(C(F)(F)F)c(CCC)n(Cc2ccc(-c3ccccc3-c3nn[nH]n3)cc2)c1=O. The van der Waals surface area contributed by atoms with Gasteiger partial charge in [-0.15, -0.1) is 10.2 Å². The second kappa shape index (κ2) is 10.9. The third kappa shape index (κ3) is 5.40. The Morgan fingerprint density at radius 1 is 1.00 bits per heavy atom. The molecule has 2 heterocycles. The number of imidazole rings is 1. The van der Waals surface area contributed by atoms with Crippen molar-refractivity contribution >= 4 is 5.91 Å². The molecule has 0 bridgehead atoms. The van der Waals surface area contributed by atoms with E-state index >= 15 is 0 Å². The van der Waals surface area contributed by atoms with Gasteiger partial charge in [-0.1, -0.05) is 75.2 Å². The fourth-order valence-corrected chi connectivity index (χ4v) is 4.38. The minimum absolute atomic E-state index is 0.0221. The van der Waals surface area contributed by atoms with E-state index in [-0.39, 0.29) is 25.1 Å². The van der Waals surface area contributed by atoms with Gasteiger partial charge in [0.1, 0.15) is 0 Å². The third-order valence-corrected chi connectivity index (χ3v) is 6.11. The zero-order chi connectivity index (χ0) is 26.6. The molecule has 4 aromatic rings. The minimum Gasteiger partial charge on any atom is -0.291 e. The van der Waals surface area contributed by atoms with Crippen LogP contribution in [0.15, 0.2) is 53.3 Å². The number of nitrogens with one attached hydrogen (secondary N) is 1. The van der Waals surface area contributed by atoms with Crippen molar-refractivity contribution in [2.24, 2.45) is 0 Å². The molecule has 2 aromatic carbocycles. The Hall–Kier alpha value is -4.02. The van der Waals surface area contributed by atoms with E-state index in [9.17, 15) is 22.8 Å². The molecule has 0 radical (unpaired) electrons. The van der Waals surface area contributed by atoms with Crippen LogP contribution in [-0.2, 0) is 19.1 Å². The number of tetrazole rings is 1. The standard InChI is InChI=1S/C26H27F3N6O2/c1-3-5-11-22(36)35-23(26(27,28)29)21(8-4-2)34(25(35)37)16-17-12-14-18(15-13-17)19-9-6-7-10-20(19)24-30-32-33-31-24/h6-7,9-10,12-15H,3-5,8,11,16H2,1-2H3,(H,30,31,32,33). The predicted octanol–water partition coefficient (Wildman–Crippen LogP) is 5.35. The molecule has 0 amide bonds. The van der Waals surface area contributed by atoms with E-state index in [0.29, 0.717) is 35.2 Å². The van der Waals surface area contributed by atoms with E-state index < -0.39 is 23.5 Å². The van der Waals surface area contributed by atoms with Gasteiger partial charge in [0, 0.05) is 12.0 Å². The largest absolute Gasteiger partial charge is 0.433 e. The summed E-state index contributed by atoms with van der Waals surface area (Å²) in [6.07, 6.45) is -3.50. The van der Waals surface area contributed by atoms with Gasteiger partial charge in [-0.05, 0) is 34.7 Å². The lowest BCUT2D eigenvalue weighted by Gasteiger charge is -2.13. The number of nitrogens with zero attached hydrogens (tertiary/aromatic N) is 5. The van der Waals surface area contributed by atoms with Crippen LogP contribution in [0.25, 0.3) is 22.5 Å². The first kappa shape index (κ1) is 26.1. The van der Waals surface area contributed by atoms with Crippen LogP contribution in [0, 0.1) is 0 Å². The number of aromatic nitrogens is 6. The first-order valence-electron chi connectivity index (χ1n) is 12.1. The quantitative estimate of drug-likeness (QED) is 0.326. The summed E-state index contributed by atoms with van der Waals surface area (Å²) in [5.74, 6) is -0.395. The van der Waals surface area contributed by atoms with Crippen molar-refractivity contribution in [1.82, 2.24) is 29.8 Å². The van der Waals surface area contributed by atoms with Crippen molar-refractivity contribution in [1.29, 1.82) is 0 Å². The van der Waals surface area contributed by atoms with E-state index in [2.05, 4.69) is 20.6 Å². The molecule has 0 spiro atoms. The maximum atomic E-state index is 14.1. The van der Waals surface area contributed by atoms with Gasteiger partial charge in [0.25, 0.3) is 0 Å². The summed E-state index contributed by atoms with van der Waals surface area (Å²) in [5.41, 5.74) is 0.806. The Kier molecular flexibility index (Phi) is 7.70. The van der Waals surface area contributed by atoms with Crippen molar-refractivity contribution in [3.05, 3.63) is 76.0 Å². The second-order valence-electron chi connectivity index (χ2n) is 8.72. The number of halogens is 3. The number of unbranched alkanes of at least 4 members (excludes halogenated alkanes) is 1. The molecule has 0 aliphatic heterocycles. The van der Waals surface area contributed by atoms with Crippen LogP contribution in [0.5, 0.6) is 0 Å². The van der Waals surface area contributed by atoms with Crippen LogP contribution in [0.2, 0.25) is 0 Å². The summed E-state index contributed by atoms with van der Waals surface area (Å²) in [5, 5.41) is 14.1. The highest BCUT2D eigenvalue weighted by molar-refractivity contribution is 5.81. The molecule has 11 heteroatoms. The number of H-pyrrole nitrogens is 1. The smallest absolute Gasteiger partial charge is 0.291 e. The summed E-state index contributed by atoms with van der Waals surface area (Å²) in [6, 6.07) is 14.7. The number of hydrogen-bond donors (Lipinski definition) is 1. The number of carbonyl (C=O) groups excluding carboxylic acids is 1. The van der Waals surface area contributed by atoms with Crippen molar-refractivity contribution in [2.75, 3.05) is 0 Å². The van der Waals surface area contributed by atoms with Crippen LogP contribution in [0.3, 0.4) is 0 Å². The molecule has 0 fully saturated rings. The zero-order valence-corrected chi connectivity index (χ0v) is 20.5. The molecule has 0 saturated heterocycles. The Labute approximate surface area is 211 Å². The van der Waals surface area contributed by atoms with Gasteiger partial charge in [0.15, 0.2) is 5.69 Å². The zero-order valence-electron chi connectivity index (χ0n) is 20.5. The average Bonchev–Trinajstić information content (AvgIpc) is 3.51. The lowest BCUT2D eigenvalue weighted by atomic mass is 9.98. The fraction of sp³-hybridized carbons (Fsp3) is 0.346. The highest BCUT2D eigenvalue weighted by Gasteiger charge is 2.42. The Balaban J connectivity index is 1.73. The third-order valence-electron chi connectivity index (χ3n) is 6.11. The van der Waals surface area contributed by atoms with E-state index in [1.54, 1.807) is 19.1 Å². The van der Waals surface area contributed by atoms with Crippen LogP contribution < -0.4 is 5.69 Å². The lowest BCUT2D eigenvalue weighted by Crippen LogP contribution is -2.32. The van der Waals surface area contributed by atoms with Gasteiger partial charge >= 0.3 is 11.9 Å². The molecule has 0 aliphatic carbocycles. The summed E-state index contributed by atoms with van der Waals surface area (Å²) >= 11 is 0. The molecule has 0 unspecified atom stereocenters. The number of rotatable bonds is 9. The van der Waals surface area contributed by atoms with Gasteiger partial charge in [-0.25, -0.2) is 9.36 Å². The second-order valence-corrected chi connectivity index (χ2v) is 8.72. The van der Waals surface area contributed by atoms with Gasteiger partial charge < -0.3 is 0 Å². The topological polar surface area (TPSA) is 98.5 Å². The van der Waals surface area contributed by atoms with E-state index in [1.165, 1.54) is 0 Å². The Morgan fingerprint density at radius 3 is 2.30 bits per heavy atom. The lowest BCUT2D eigenvalue weighted by molar-refractivity contribution is -0.143. The first-order valence-corrected chi connectivity index (χ1v) is 12.1. The average molecular weight is 513 g/mol. The van der Waals surface area contributed by atoms with Gasteiger partial charge in [0.2, 0.25) is 11.7 Å². The maximum Gasteiger partial charge on any atom is 0.433 e. The van der Waals surface area contributed by atoms with Crippen LogP contribution in [0.4, 0.5) is 13.2 Å². The van der Waals surface area contributed by atoms with E-state index in [0.717, 1.165) is 21.3 Å². The summed E-state index contributed by atoms with van der Waals surface area (Å²) in [6.45, 7) is 3.48. The molecule has 4 rings (SSSR count). The predicted molar refractivity (Wildman–Crippen MR) is 132 cm³/mol. The maximum absolute atomic E-state index is 14.1. The molecular formula is C26H27F3N6O2. The Bertz CT molecular complexity index is 1420. The van der Waals surface area contributed by atoms with Crippen molar-refractivity contribution in [2.45, 2.75) is 58.7 Å². The van der Waals surface area contributed by atoms with Gasteiger partial charge in [0.05, 0.1) is 12.2 Å². The molecule has 2 aromatic heterocycles. The molecule has 37 heavy (non-hydrogen) atoms. The monoisotopic (exact) mass is 512 g/mol. The number of carbonyl (C=O) groups is 1. The number of alkyl halides is 3. The molecular weight excluding hydrogens is 485 g/mol. The van der Waals surface area contributed by atoms with Crippen LogP contribution in [0.1, 0.15) is 61.3 Å². The summed E-state index contributed by atoms with van der Waals surface area (Å²) in [7, 11) is 0. The summed E-state index contributed by atoms with van der Waals surface area (Å²) in [4.78, 5) is 25.9. The van der Waals surface area contributed by atoms with Crippen molar-refractivity contribution in [3.8, 4) is 22.5 Å². The normalized spacial score (nSPS) is 11.7. The molecule has 0 aliphatic rings. The fourth-order valence-electron chi connectivity index (χ4n) is 4.38. The Morgan fingerprint density at radius 2 is 1.70 bits per heavy atom.